The van der Waals surface area contributed by atoms with Gasteiger partial charge >= 0.3 is 0 Å². The lowest BCUT2D eigenvalue weighted by atomic mass is 9.78. The highest BCUT2D eigenvalue weighted by atomic mass is 79.9. The van der Waals surface area contributed by atoms with Gasteiger partial charge in [0.25, 0.3) is 5.91 Å². The maximum atomic E-state index is 14.3. The molecule has 0 aliphatic heterocycles. The third-order valence-corrected chi connectivity index (χ3v) is 7.81. The molecule has 156 valence electrons. The molecule has 1 fully saturated rings. The molecule has 2 aromatic carbocycles. The van der Waals surface area contributed by atoms with Gasteiger partial charge in [-0.3, -0.25) is 4.79 Å². The Morgan fingerprint density at radius 1 is 1.14 bits per heavy atom. The number of carbonyl (C=O) groups is 1. The van der Waals surface area contributed by atoms with Gasteiger partial charge in [-0.2, -0.15) is 0 Å². The van der Waals surface area contributed by atoms with E-state index >= 15 is 0 Å². The summed E-state index contributed by atoms with van der Waals surface area (Å²) in [6.45, 7) is 4.16. The quantitative estimate of drug-likeness (QED) is 0.633. The largest absolute Gasteiger partial charge is 0.321 e. The van der Waals surface area contributed by atoms with Crippen molar-refractivity contribution >= 4 is 37.5 Å². The normalized spacial score (nSPS) is 22.3. The minimum atomic E-state index is -3.88. The van der Waals surface area contributed by atoms with Crippen molar-refractivity contribution in [3.63, 3.8) is 0 Å². The molecular formula is C21H24BrFN2O3S. The van der Waals surface area contributed by atoms with Crippen molar-refractivity contribution in [1.82, 2.24) is 4.72 Å². The zero-order chi connectivity index (χ0) is 21.2. The number of benzene rings is 2. The van der Waals surface area contributed by atoms with Crippen LogP contribution in [0, 0.1) is 17.7 Å². The molecule has 0 radical (unpaired) electrons. The lowest BCUT2D eigenvalue weighted by molar-refractivity contribution is 0.102. The van der Waals surface area contributed by atoms with Gasteiger partial charge in [0.15, 0.2) is 0 Å². The van der Waals surface area contributed by atoms with E-state index in [-0.39, 0.29) is 22.4 Å². The van der Waals surface area contributed by atoms with Crippen molar-refractivity contribution in [3.05, 3.63) is 58.3 Å². The maximum Gasteiger partial charge on any atom is 0.258 e. The smallest absolute Gasteiger partial charge is 0.258 e. The Labute approximate surface area is 179 Å². The van der Waals surface area contributed by atoms with Gasteiger partial charge in [0, 0.05) is 10.5 Å². The molecule has 1 aliphatic rings. The number of carbonyl (C=O) groups excluding carboxylic acids is 1. The summed E-state index contributed by atoms with van der Waals surface area (Å²) < 4.78 is 43.4. The van der Waals surface area contributed by atoms with Crippen molar-refractivity contribution in [3.8, 4) is 0 Å². The lowest BCUT2D eigenvalue weighted by Gasteiger charge is -2.34. The molecule has 29 heavy (non-hydrogen) atoms. The van der Waals surface area contributed by atoms with Crippen LogP contribution in [0.4, 0.5) is 10.1 Å². The van der Waals surface area contributed by atoms with Crippen LogP contribution in [-0.2, 0) is 10.0 Å². The highest BCUT2D eigenvalue weighted by molar-refractivity contribution is 9.10. The third-order valence-electron chi connectivity index (χ3n) is 5.63. The van der Waals surface area contributed by atoms with E-state index in [0.717, 1.165) is 31.4 Å². The van der Waals surface area contributed by atoms with Gasteiger partial charge in [-0.25, -0.2) is 17.5 Å². The molecule has 3 atom stereocenters. The summed E-state index contributed by atoms with van der Waals surface area (Å²) in [5.74, 6) is -0.869. The van der Waals surface area contributed by atoms with E-state index in [0.29, 0.717) is 16.1 Å². The standard InChI is InChI=1S/C21H24BrFN2O3S/c1-13-6-5-9-19(14(13)2)25-29(27,28)15-10-11-18(23)16(12-15)21(26)24-20-8-4-3-7-17(20)22/h3-4,7-8,10-14,19,25H,5-6,9H2,1-2H3,(H,24,26)/t13-,14+,19+/m1/s1. The number of hydrogen-bond acceptors (Lipinski definition) is 3. The Morgan fingerprint density at radius 2 is 1.86 bits per heavy atom. The molecule has 0 bridgehead atoms. The van der Waals surface area contributed by atoms with Crippen LogP contribution in [-0.4, -0.2) is 20.4 Å². The summed E-state index contributed by atoms with van der Waals surface area (Å²) in [5, 5.41) is 2.60. The van der Waals surface area contributed by atoms with Gasteiger partial charge in [-0.15, -0.1) is 0 Å². The zero-order valence-corrected chi connectivity index (χ0v) is 18.7. The minimum absolute atomic E-state index is 0.124. The van der Waals surface area contributed by atoms with E-state index in [4.69, 9.17) is 0 Å². The summed E-state index contributed by atoms with van der Waals surface area (Å²) in [5.41, 5.74) is 0.141. The first-order valence-electron chi connectivity index (χ1n) is 9.57. The van der Waals surface area contributed by atoms with Crippen LogP contribution in [0.5, 0.6) is 0 Å². The van der Waals surface area contributed by atoms with Gasteiger partial charge in [0.1, 0.15) is 5.82 Å². The summed E-state index contributed by atoms with van der Waals surface area (Å²) in [6, 6.07) is 10.0. The Balaban J connectivity index is 1.84. The summed E-state index contributed by atoms with van der Waals surface area (Å²) in [7, 11) is -3.88. The van der Waals surface area contributed by atoms with Crippen LogP contribution < -0.4 is 10.0 Å². The van der Waals surface area contributed by atoms with Crippen molar-refractivity contribution in [2.75, 3.05) is 5.32 Å². The number of amides is 1. The lowest BCUT2D eigenvalue weighted by Crippen LogP contribution is -2.43. The number of hydrogen-bond donors (Lipinski definition) is 2. The fraction of sp³-hybridized carbons (Fsp3) is 0.381. The zero-order valence-electron chi connectivity index (χ0n) is 16.3. The van der Waals surface area contributed by atoms with E-state index in [9.17, 15) is 17.6 Å². The number of halogens is 2. The fourth-order valence-electron chi connectivity index (χ4n) is 3.61. The van der Waals surface area contributed by atoms with Gasteiger partial charge in [-0.05, 0) is 64.5 Å². The van der Waals surface area contributed by atoms with E-state index in [1.54, 1.807) is 24.3 Å². The predicted molar refractivity (Wildman–Crippen MR) is 115 cm³/mol. The molecule has 5 nitrogen and oxygen atoms in total. The first-order chi connectivity index (χ1) is 13.7. The number of para-hydroxylation sites is 1. The SMILES string of the molecule is C[C@H]1[C@H](C)CCC[C@@H]1NS(=O)(=O)c1ccc(F)c(C(=O)Nc2ccccc2Br)c1. The highest BCUT2D eigenvalue weighted by Crippen LogP contribution is 2.30. The van der Waals surface area contributed by atoms with E-state index in [2.05, 4.69) is 32.9 Å². The molecule has 0 saturated heterocycles. The maximum absolute atomic E-state index is 14.3. The number of sulfonamides is 1. The Hall–Kier alpha value is -1.77. The number of rotatable bonds is 5. The van der Waals surface area contributed by atoms with Crippen LogP contribution in [0.15, 0.2) is 51.8 Å². The second kappa shape index (κ2) is 8.93. The molecular weight excluding hydrogens is 459 g/mol. The Bertz CT molecular complexity index is 1010. The average molecular weight is 483 g/mol. The van der Waals surface area contributed by atoms with Crippen molar-refractivity contribution < 1.29 is 17.6 Å². The van der Waals surface area contributed by atoms with Crippen LogP contribution in [0.3, 0.4) is 0 Å². The molecule has 2 aromatic rings. The summed E-state index contributed by atoms with van der Waals surface area (Å²) in [4.78, 5) is 12.4. The van der Waals surface area contributed by atoms with Crippen LogP contribution in [0.2, 0.25) is 0 Å². The molecule has 1 saturated carbocycles. The van der Waals surface area contributed by atoms with Gasteiger partial charge < -0.3 is 5.32 Å². The van der Waals surface area contributed by atoms with Crippen LogP contribution >= 0.6 is 15.9 Å². The van der Waals surface area contributed by atoms with Gasteiger partial charge in [-0.1, -0.05) is 38.8 Å². The monoisotopic (exact) mass is 482 g/mol. The highest BCUT2D eigenvalue weighted by Gasteiger charge is 2.31. The molecule has 2 N–H and O–H groups in total. The van der Waals surface area contributed by atoms with Crippen LogP contribution in [0.25, 0.3) is 0 Å². The van der Waals surface area contributed by atoms with Crippen LogP contribution in [0.1, 0.15) is 43.5 Å². The molecule has 0 aromatic heterocycles. The molecule has 3 rings (SSSR count). The fourth-order valence-corrected chi connectivity index (χ4v) is 5.38. The molecule has 0 heterocycles. The topological polar surface area (TPSA) is 75.3 Å². The van der Waals surface area contributed by atoms with Gasteiger partial charge in [0.05, 0.1) is 16.1 Å². The first kappa shape index (κ1) is 21.9. The van der Waals surface area contributed by atoms with E-state index in [1.165, 1.54) is 6.07 Å². The van der Waals surface area contributed by atoms with E-state index in [1.807, 2.05) is 6.92 Å². The first-order valence-corrected chi connectivity index (χ1v) is 11.8. The molecule has 1 aliphatic carbocycles. The Kier molecular flexibility index (Phi) is 6.76. The second-order valence-corrected chi connectivity index (χ2v) is 10.1. The van der Waals surface area contributed by atoms with Crippen molar-refractivity contribution in [2.45, 2.75) is 44.0 Å². The summed E-state index contributed by atoms with van der Waals surface area (Å²) >= 11 is 3.31. The molecule has 1 amide bonds. The van der Waals surface area contributed by atoms with Gasteiger partial charge in [0.2, 0.25) is 10.0 Å². The molecule has 8 heteroatoms. The average Bonchev–Trinajstić information content (AvgIpc) is 2.67. The Morgan fingerprint density at radius 3 is 2.59 bits per heavy atom. The molecule has 0 spiro atoms. The predicted octanol–water partition coefficient (Wildman–Crippen LogP) is 4.94. The molecule has 0 unspecified atom stereocenters. The minimum Gasteiger partial charge on any atom is -0.321 e. The van der Waals surface area contributed by atoms with E-state index < -0.39 is 21.7 Å². The van der Waals surface area contributed by atoms with Crippen molar-refractivity contribution in [1.29, 1.82) is 0 Å². The third kappa shape index (κ3) is 5.05. The van der Waals surface area contributed by atoms with Crippen molar-refractivity contribution in [2.24, 2.45) is 11.8 Å². The number of anilines is 1. The number of nitrogens with one attached hydrogen (secondary N) is 2. The second-order valence-electron chi connectivity index (χ2n) is 7.57. The summed E-state index contributed by atoms with van der Waals surface area (Å²) in [6.07, 6.45) is 2.80.